The molecule has 0 unspecified atom stereocenters. The van der Waals surface area contributed by atoms with Gasteiger partial charge in [0, 0.05) is 16.8 Å². The van der Waals surface area contributed by atoms with E-state index in [0.717, 1.165) is 12.1 Å². The monoisotopic (exact) mass is 285 g/mol. The van der Waals surface area contributed by atoms with E-state index < -0.39 is 17.9 Å². The summed E-state index contributed by atoms with van der Waals surface area (Å²) in [6, 6.07) is 7.94. The van der Waals surface area contributed by atoms with E-state index in [4.69, 9.17) is 5.73 Å². The Bertz CT molecular complexity index is 614. The second-order valence-electron chi connectivity index (χ2n) is 4.24. The van der Waals surface area contributed by atoms with E-state index in [9.17, 15) is 17.6 Å². The van der Waals surface area contributed by atoms with Crippen molar-refractivity contribution in [1.29, 1.82) is 0 Å². The topological polar surface area (TPSA) is 35.2 Å². The van der Waals surface area contributed by atoms with Crippen LogP contribution in [0.1, 0.15) is 5.56 Å². The van der Waals surface area contributed by atoms with Gasteiger partial charge < -0.3 is 10.5 Å². The van der Waals surface area contributed by atoms with Crippen LogP contribution in [0.5, 0.6) is 5.75 Å². The first kappa shape index (κ1) is 14.2. The molecular formula is C14H11F4NO. The molecule has 0 amide bonds. The van der Waals surface area contributed by atoms with Gasteiger partial charge in [-0.1, -0.05) is 18.2 Å². The molecule has 2 aromatic rings. The van der Waals surface area contributed by atoms with Crippen molar-refractivity contribution in [3.63, 3.8) is 0 Å². The second kappa shape index (κ2) is 5.03. The fourth-order valence-corrected chi connectivity index (χ4v) is 2.00. The number of hydrogen-bond donors (Lipinski definition) is 1. The lowest BCUT2D eigenvalue weighted by molar-refractivity contribution is -0.274. The number of halogens is 4. The minimum absolute atomic E-state index is 0.0276. The molecular weight excluding hydrogens is 274 g/mol. The van der Waals surface area contributed by atoms with Crippen molar-refractivity contribution >= 4 is 5.69 Å². The molecule has 2 aromatic carbocycles. The summed E-state index contributed by atoms with van der Waals surface area (Å²) in [7, 11) is 0. The van der Waals surface area contributed by atoms with Gasteiger partial charge in [-0.25, -0.2) is 4.39 Å². The zero-order chi connectivity index (χ0) is 14.9. The zero-order valence-electron chi connectivity index (χ0n) is 10.5. The van der Waals surface area contributed by atoms with Gasteiger partial charge in [-0.05, 0) is 30.7 Å². The molecule has 2 nitrogen and oxygen atoms in total. The summed E-state index contributed by atoms with van der Waals surface area (Å²) in [4.78, 5) is 0. The number of nitrogen functional groups attached to an aromatic ring is 1. The first-order valence-electron chi connectivity index (χ1n) is 5.68. The fraction of sp³-hybridized carbons (Fsp3) is 0.143. The standard InChI is InChI=1S/C14H11F4NO/c1-8-6-9(19)7-11(15)13(8)10-4-2-3-5-12(10)20-14(16,17)18/h2-7H,19H2,1H3. The maximum atomic E-state index is 14.0. The molecule has 0 heterocycles. The van der Waals surface area contributed by atoms with Crippen molar-refractivity contribution in [2.45, 2.75) is 13.3 Å². The van der Waals surface area contributed by atoms with Gasteiger partial charge in [-0.3, -0.25) is 0 Å². The lowest BCUT2D eigenvalue weighted by Gasteiger charge is -2.15. The number of hydrogen-bond acceptors (Lipinski definition) is 2. The number of anilines is 1. The summed E-state index contributed by atoms with van der Waals surface area (Å²) in [5, 5.41) is 0. The van der Waals surface area contributed by atoms with Crippen LogP contribution >= 0.6 is 0 Å². The molecule has 0 aromatic heterocycles. The molecule has 0 saturated carbocycles. The first-order valence-corrected chi connectivity index (χ1v) is 5.68. The summed E-state index contributed by atoms with van der Waals surface area (Å²) in [6.07, 6.45) is -4.84. The Labute approximate surface area is 112 Å². The summed E-state index contributed by atoms with van der Waals surface area (Å²) in [5.41, 5.74) is 6.20. The maximum Gasteiger partial charge on any atom is 0.573 e. The Kier molecular flexibility index (Phi) is 3.57. The van der Waals surface area contributed by atoms with E-state index in [1.54, 1.807) is 6.92 Å². The van der Waals surface area contributed by atoms with Crippen molar-refractivity contribution in [2.24, 2.45) is 0 Å². The number of benzene rings is 2. The minimum atomic E-state index is -4.84. The van der Waals surface area contributed by atoms with Crippen LogP contribution in [0.4, 0.5) is 23.2 Å². The first-order chi connectivity index (χ1) is 9.28. The van der Waals surface area contributed by atoms with E-state index >= 15 is 0 Å². The molecule has 2 rings (SSSR count). The van der Waals surface area contributed by atoms with Crippen LogP contribution in [0.2, 0.25) is 0 Å². The molecule has 6 heteroatoms. The van der Waals surface area contributed by atoms with Crippen molar-refractivity contribution in [3.8, 4) is 16.9 Å². The Morgan fingerprint density at radius 1 is 1.10 bits per heavy atom. The highest BCUT2D eigenvalue weighted by molar-refractivity contribution is 5.75. The van der Waals surface area contributed by atoms with Gasteiger partial charge in [-0.15, -0.1) is 13.2 Å². The normalized spacial score (nSPS) is 11.4. The average molecular weight is 285 g/mol. The number of rotatable bonds is 2. The Morgan fingerprint density at radius 3 is 2.35 bits per heavy atom. The quantitative estimate of drug-likeness (QED) is 0.660. The molecule has 2 N–H and O–H groups in total. The minimum Gasteiger partial charge on any atom is -0.405 e. The van der Waals surface area contributed by atoms with E-state index in [1.807, 2.05) is 0 Å². The van der Waals surface area contributed by atoms with Gasteiger partial charge in [0.05, 0.1) is 0 Å². The van der Waals surface area contributed by atoms with Crippen molar-refractivity contribution in [2.75, 3.05) is 5.73 Å². The van der Waals surface area contributed by atoms with Crippen molar-refractivity contribution < 1.29 is 22.3 Å². The van der Waals surface area contributed by atoms with Crippen LogP contribution in [0, 0.1) is 12.7 Å². The average Bonchev–Trinajstić information content (AvgIpc) is 2.28. The number of nitrogens with two attached hydrogens (primary N) is 1. The van der Waals surface area contributed by atoms with Crippen LogP contribution in [-0.4, -0.2) is 6.36 Å². The number of para-hydroxylation sites is 1. The van der Waals surface area contributed by atoms with Crippen LogP contribution in [-0.2, 0) is 0 Å². The van der Waals surface area contributed by atoms with Crippen molar-refractivity contribution in [3.05, 3.63) is 47.8 Å². The van der Waals surface area contributed by atoms with Gasteiger partial charge in [0.25, 0.3) is 0 Å². The van der Waals surface area contributed by atoms with E-state index in [2.05, 4.69) is 4.74 Å². The van der Waals surface area contributed by atoms with E-state index in [-0.39, 0.29) is 16.8 Å². The Balaban J connectivity index is 2.59. The van der Waals surface area contributed by atoms with Gasteiger partial charge in [0.15, 0.2) is 0 Å². The van der Waals surface area contributed by atoms with Crippen LogP contribution in [0.25, 0.3) is 11.1 Å². The maximum absolute atomic E-state index is 14.0. The van der Waals surface area contributed by atoms with Crippen LogP contribution < -0.4 is 10.5 Å². The van der Waals surface area contributed by atoms with E-state index in [0.29, 0.717) is 5.56 Å². The molecule has 106 valence electrons. The molecule has 0 fully saturated rings. The number of aryl methyl sites for hydroxylation is 1. The van der Waals surface area contributed by atoms with Crippen LogP contribution in [0.3, 0.4) is 0 Å². The van der Waals surface area contributed by atoms with E-state index in [1.165, 1.54) is 24.3 Å². The lowest BCUT2D eigenvalue weighted by atomic mass is 9.98. The predicted octanol–water partition coefficient (Wildman–Crippen LogP) is 4.28. The van der Waals surface area contributed by atoms with Gasteiger partial charge in [0.1, 0.15) is 11.6 Å². The van der Waals surface area contributed by atoms with Gasteiger partial charge in [0.2, 0.25) is 0 Å². The molecule has 0 aliphatic carbocycles. The smallest absolute Gasteiger partial charge is 0.405 e. The molecule has 0 radical (unpaired) electrons. The molecule has 0 aliphatic rings. The Hall–Kier alpha value is -2.24. The molecule has 0 spiro atoms. The summed E-state index contributed by atoms with van der Waals surface area (Å²) >= 11 is 0. The largest absolute Gasteiger partial charge is 0.573 e. The highest BCUT2D eigenvalue weighted by Gasteiger charge is 2.32. The third kappa shape index (κ3) is 3.01. The summed E-state index contributed by atoms with van der Waals surface area (Å²) < 4.78 is 55.0. The zero-order valence-corrected chi connectivity index (χ0v) is 10.5. The molecule has 0 aliphatic heterocycles. The Morgan fingerprint density at radius 2 is 1.75 bits per heavy atom. The molecule has 0 atom stereocenters. The second-order valence-corrected chi connectivity index (χ2v) is 4.24. The SMILES string of the molecule is Cc1cc(N)cc(F)c1-c1ccccc1OC(F)(F)F. The number of alkyl halides is 3. The predicted molar refractivity (Wildman–Crippen MR) is 67.7 cm³/mol. The van der Waals surface area contributed by atoms with Gasteiger partial charge in [-0.2, -0.15) is 0 Å². The molecule has 20 heavy (non-hydrogen) atoms. The molecule has 0 saturated heterocycles. The summed E-state index contributed by atoms with van der Waals surface area (Å²) in [5.74, 6) is -1.15. The number of ether oxygens (including phenoxy) is 1. The highest BCUT2D eigenvalue weighted by atomic mass is 19.4. The van der Waals surface area contributed by atoms with Crippen LogP contribution in [0.15, 0.2) is 36.4 Å². The summed E-state index contributed by atoms with van der Waals surface area (Å²) in [6.45, 7) is 1.57. The highest BCUT2D eigenvalue weighted by Crippen LogP contribution is 2.37. The molecule has 0 bridgehead atoms. The third-order valence-corrected chi connectivity index (χ3v) is 2.69. The van der Waals surface area contributed by atoms with Gasteiger partial charge >= 0.3 is 6.36 Å². The fourth-order valence-electron chi connectivity index (χ4n) is 2.00. The third-order valence-electron chi connectivity index (χ3n) is 2.69. The lowest BCUT2D eigenvalue weighted by Crippen LogP contribution is -2.17. The van der Waals surface area contributed by atoms with Crippen molar-refractivity contribution in [1.82, 2.24) is 0 Å².